The molecule has 0 saturated carbocycles. The van der Waals surface area contributed by atoms with E-state index >= 15 is 0 Å². The number of hydrogen-bond acceptors (Lipinski definition) is 5. The van der Waals surface area contributed by atoms with Crippen LogP contribution in [0, 0.1) is 0 Å². The molecule has 13 heteroatoms. The first kappa shape index (κ1) is 28.3. The van der Waals surface area contributed by atoms with Gasteiger partial charge in [0.15, 0.2) is 0 Å². The van der Waals surface area contributed by atoms with Crippen molar-refractivity contribution in [3.05, 3.63) is 28.7 Å². The van der Waals surface area contributed by atoms with Crippen LogP contribution in [0.3, 0.4) is 0 Å². The lowest BCUT2D eigenvalue weighted by molar-refractivity contribution is -0.192. The lowest BCUT2D eigenvalue weighted by Gasteiger charge is -2.30. The predicted molar refractivity (Wildman–Crippen MR) is 116 cm³/mol. The number of carbonyl (C=O) groups is 2. The highest BCUT2D eigenvalue weighted by Gasteiger charge is 2.38. The number of rotatable bonds is 8. The van der Waals surface area contributed by atoms with Gasteiger partial charge in [0.05, 0.1) is 11.4 Å². The van der Waals surface area contributed by atoms with Gasteiger partial charge in [-0.05, 0) is 30.7 Å². The number of alkyl halides is 3. The molecule has 0 radical (unpaired) electrons. The van der Waals surface area contributed by atoms with E-state index in [1.165, 1.54) is 4.31 Å². The smallest absolute Gasteiger partial charge is 0.475 e. The van der Waals surface area contributed by atoms with Gasteiger partial charge in [-0.3, -0.25) is 4.79 Å². The molecule has 1 fully saturated rings. The second kappa shape index (κ2) is 13.1. The van der Waals surface area contributed by atoms with Crippen molar-refractivity contribution in [1.29, 1.82) is 0 Å². The number of amides is 1. The van der Waals surface area contributed by atoms with Crippen LogP contribution in [0.15, 0.2) is 33.6 Å². The minimum absolute atomic E-state index is 0.0951. The largest absolute Gasteiger partial charge is 0.490 e. The number of unbranched alkanes of at least 4 members (excludes halogenated alkanes) is 2. The number of hydrogen-bond donors (Lipinski definition) is 2. The Morgan fingerprint density at radius 3 is 2.16 bits per heavy atom. The lowest BCUT2D eigenvalue weighted by Crippen LogP contribution is -2.50. The number of carboxylic acid groups (broad SMARTS) is 1. The second-order valence-corrected chi connectivity index (χ2v) is 9.79. The quantitative estimate of drug-likeness (QED) is 0.486. The fourth-order valence-electron chi connectivity index (χ4n) is 2.74. The summed E-state index contributed by atoms with van der Waals surface area (Å²) in [5.41, 5.74) is 0. The molecule has 0 unspecified atom stereocenters. The summed E-state index contributed by atoms with van der Waals surface area (Å²) < 4.78 is 59.9. The van der Waals surface area contributed by atoms with Crippen LogP contribution in [0.25, 0.3) is 0 Å². The van der Waals surface area contributed by atoms with Crippen molar-refractivity contribution in [1.82, 2.24) is 14.5 Å². The number of nitrogens with one attached hydrogen (secondary N) is 1. The van der Waals surface area contributed by atoms with E-state index in [4.69, 9.17) is 9.90 Å². The first-order valence-electron chi connectivity index (χ1n) is 9.94. The first-order chi connectivity index (χ1) is 14.9. The summed E-state index contributed by atoms with van der Waals surface area (Å²) >= 11 is 3.32. The van der Waals surface area contributed by atoms with Gasteiger partial charge in [0, 0.05) is 37.2 Å². The number of carboxylic acids is 1. The fourth-order valence-corrected chi connectivity index (χ4v) is 4.44. The highest BCUT2D eigenvalue weighted by molar-refractivity contribution is 9.10. The Morgan fingerprint density at radius 1 is 1.16 bits per heavy atom. The van der Waals surface area contributed by atoms with Crippen molar-refractivity contribution < 1.29 is 36.3 Å². The van der Waals surface area contributed by atoms with Gasteiger partial charge in [0.2, 0.25) is 15.9 Å². The molecule has 2 N–H and O–H groups in total. The van der Waals surface area contributed by atoms with Gasteiger partial charge in [-0.25, -0.2) is 13.2 Å². The molecule has 182 valence electrons. The Bertz CT molecular complexity index is 845. The minimum atomic E-state index is -5.08. The van der Waals surface area contributed by atoms with Crippen LogP contribution in [0.4, 0.5) is 13.2 Å². The molecular formula is C19H27BrF3N3O5S. The van der Waals surface area contributed by atoms with E-state index in [-0.39, 0.29) is 17.3 Å². The van der Waals surface area contributed by atoms with Crippen LogP contribution in [-0.4, -0.2) is 80.1 Å². The molecule has 8 nitrogen and oxygen atoms in total. The van der Waals surface area contributed by atoms with E-state index in [0.717, 1.165) is 36.8 Å². The zero-order valence-corrected chi connectivity index (χ0v) is 20.0. The third-order valence-corrected chi connectivity index (χ3v) is 6.87. The maximum atomic E-state index is 13.0. The predicted octanol–water partition coefficient (Wildman–Crippen LogP) is 2.70. The van der Waals surface area contributed by atoms with Crippen molar-refractivity contribution in [2.24, 2.45) is 0 Å². The maximum Gasteiger partial charge on any atom is 0.490 e. The average Bonchev–Trinajstić information content (AvgIpc) is 2.73. The molecule has 1 aliphatic rings. The van der Waals surface area contributed by atoms with Crippen molar-refractivity contribution in [3.63, 3.8) is 0 Å². The Kier molecular flexibility index (Phi) is 11.6. The van der Waals surface area contributed by atoms with Gasteiger partial charge in [0.25, 0.3) is 0 Å². The third kappa shape index (κ3) is 9.43. The molecule has 0 bridgehead atoms. The van der Waals surface area contributed by atoms with E-state index in [0.29, 0.717) is 19.6 Å². The SMILES string of the molecule is CCCCCN(CC(=O)N1CCNCC1)S(=O)(=O)c1ccc(Br)cc1.O=C(O)C(F)(F)F. The Hall–Kier alpha value is -1.70. The molecular weight excluding hydrogens is 519 g/mol. The van der Waals surface area contributed by atoms with Crippen LogP contribution in [0.5, 0.6) is 0 Å². The maximum absolute atomic E-state index is 13.0. The Morgan fingerprint density at radius 2 is 1.69 bits per heavy atom. The summed E-state index contributed by atoms with van der Waals surface area (Å²) in [7, 11) is -3.68. The van der Waals surface area contributed by atoms with Crippen molar-refractivity contribution in [2.75, 3.05) is 39.3 Å². The van der Waals surface area contributed by atoms with E-state index in [1.807, 2.05) is 0 Å². The standard InChI is InChI=1S/C17H26BrN3O3S.C2HF3O2/c1-2-3-4-11-21(14-17(22)20-12-9-19-10-13-20)25(23,24)16-7-5-15(18)6-8-16;3-2(4,5)1(6)7/h5-8,19H,2-4,9-14H2,1H3;(H,6,7). The van der Waals surface area contributed by atoms with Gasteiger partial charge >= 0.3 is 12.1 Å². The molecule has 1 aromatic carbocycles. The van der Waals surface area contributed by atoms with Crippen LogP contribution in [0.2, 0.25) is 0 Å². The van der Waals surface area contributed by atoms with Crippen LogP contribution in [-0.2, 0) is 19.6 Å². The van der Waals surface area contributed by atoms with Crippen LogP contribution < -0.4 is 5.32 Å². The fraction of sp³-hybridized carbons (Fsp3) is 0.579. The van der Waals surface area contributed by atoms with E-state index < -0.39 is 22.2 Å². The van der Waals surface area contributed by atoms with Gasteiger partial charge in [-0.15, -0.1) is 0 Å². The molecule has 1 amide bonds. The first-order valence-corrected chi connectivity index (χ1v) is 12.2. The zero-order valence-electron chi connectivity index (χ0n) is 17.6. The molecule has 0 atom stereocenters. The van der Waals surface area contributed by atoms with Crippen molar-refractivity contribution >= 4 is 37.8 Å². The molecule has 32 heavy (non-hydrogen) atoms. The Labute approximate surface area is 193 Å². The molecule has 1 heterocycles. The molecule has 1 aliphatic heterocycles. The number of nitrogens with zero attached hydrogens (tertiary/aromatic N) is 2. The highest BCUT2D eigenvalue weighted by atomic mass is 79.9. The number of halogens is 4. The number of carbonyl (C=O) groups excluding carboxylic acids is 1. The third-order valence-electron chi connectivity index (χ3n) is 4.49. The van der Waals surface area contributed by atoms with Gasteiger partial charge < -0.3 is 15.3 Å². The summed E-state index contributed by atoms with van der Waals surface area (Å²) in [5, 5.41) is 10.3. The zero-order chi connectivity index (χ0) is 24.4. The molecule has 1 saturated heterocycles. The number of sulfonamides is 1. The topological polar surface area (TPSA) is 107 Å². The number of aliphatic carboxylic acids is 1. The number of piperazine rings is 1. The van der Waals surface area contributed by atoms with Crippen molar-refractivity contribution in [3.8, 4) is 0 Å². The van der Waals surface area contributed by atoms with E-state index in [1.54, 1.807) is 29.2 Å². The molecule has 0 aliphatic carbocycles. The van der Waals surface area contributed by atoms with Crippen molar-refractivity contribution in [2.45, 2.75) is 37.3 Å². The summed E-state index contributed by atoms with van der Waals surface area (Å²) in [6.07, 6.45) is -2.40. The minimum Gasteiger partial charge on any atom is -0.475 e. The van der Waals surface area contributed by atoms with Gasteiger partial charge in [-0.2, -0.15) is 17.5 Å². The van der Waals surface area contributed by atoms with E-state index in [2.05, 4.69) is 28.2 Å². The summed E-state index contributed by atoms with van der Waals surface area (Å²) in [6, 6.07) is 6.55. The highest BCUT2D eigenvalue weighted by Crippen LogP contribution is 2.20. The van der Waals surface area contributed by atoms with Crippen LogP contribution >= 0.6 is 15.9 Å². The van der Waals surface area contributed by atoms with E-state index in [9.17, 15) is 26.4 Å². The molecule has 0 aromatic heterocycles. The monoisotopic (exact) mass is 545 g/mol. The second-order valence-electron chi connectivity index (χ2n) is 6.93. The van der Waals surface area contributed by atoms with Gasteiger partial charge in [-0.1, -0.05) is 35.7 Å². The molecule has 2 rings (SSSR count). The summed E-state index contributed by atoms with van der Waals surface area (Å²) in [4.78, 5) is 23.4. The summed E-state index contributed by atoms with van der Waals surface area (Å²) in [5.74, 6) is -2.88. The summed E-state index contributed by atoms with van der Waals surface area (Å²) in [6.45, 7) is 5.09. The Balaban J connectivity index is 0.000000633. The average molecular weight is 546 g/mol. The molecule has 0 spiro atoms. The van der Waals surface area contributed by atoms with Crippen LogP contribution in [0.1, 0.15) is 26.2 Å². The lowest BCUT2D eigenvalue weighted by atomic mass is 10.2. The molecule has 1 aromatic rings. The van der Waals surface area contributed by atoms with Gasteiger partial charge in [0.1, 0.15) is 0 Å². The normalized spacial score (nSPS) is 14.6. The number of benzene rings is 1.